The fourth-order valence-corrected chi connectivity index (χ4v) is 5.08. The van der Waals surface area contributed by atoms with E-state index in [1.54, 1.807) is 6.07 Å². The standard InChI is InChI=1S/C30H34BrN3O4.HI/c1-34(2)17-15-24(16-18-34)38-30(37)33-27-13-11-21(19-25(27)22-8-4-3-5-9-22)7-6-10-29(36)32-28-14-12-23(35)20-26(28)31;/h3-5,8-9,11-14,19-20,24H,6-7,10,15-18H2,1-2H3,(H2-,32,33,35,36,37);1H. The molecule has 0 aliphatic carbocycles. The van der Waals surface area contributed by atoms with E-state index in [0.29, 0.717) is 35.1 Å². The van der Waals surface area contributed by atoms with Gasteiger partial charge in [0.2, 0.25) is 5.91 Å². The third-order valence-corrected chi connectivity index (χ3v) is 7.53. The first-order valence-corrected chi connectivity index (χ1v) is 13.7. The number of carbonyl (C=O) groups is 2. The fraction of sp³-hybridized carbons (Fsp3) is 0.333. The van der Waals surface area contributed by atoms with Crippen LogP contribution in [-0.4, -0.2) is 49.8 Å². The number of ether oxygens (including phenoxy) is 1. The largest absolute Gasteiger partial charge is 0.872 e. The highest BCUT2D eigenvalue weighted by Gasteiger charge is 2.28. The quantitative estimate of drug-likeness (QED) is 0.205. The molecule has 3 aromatic rings. The smallest absolute Gasteiger partial charge is 0.411 e. The van der Waals surface area contributed by atoms with Crippen molar-refractivity contribution in [3.8, 4) is 16.9 Å². The van der Waals surface area contributed by atoms with Crippen molar-refractivity contribution in [2.45, 2.75) is 38.2 Å². The van der Waals surface area contributed by atoms with Crippen LogP contribution >= 0.6 is 39.9 Å². The second kappa shape index (κ2) is 14.1. The zero-order chi connectivity index (χ0) is 27.1. The van der Waals surface area contributed by atoms with Crippen molar-refractivity contribution in [2.24, 2.45) is 0 Å². The lowest BCUT2D eigenvalue weighted by molar-refractivity contribution is -0.896. The number of benzene rings is 3. The third kappa shape index (κ3) is 9.22. The monoisotopic (exact) mass is 707 g/mol. The summed E-state index contributed by atoms with van der Waals surface area (Å²) in [6.07, 6.45) is 2.93. The molecule has 39 heavy (non-hydrogen) atoms. The number of aryl methyl sites for hydroxylation is 1. The predicted molar refractivity (Wildman–Crippen MR) is 167 cm³/mol. The van der Waals surface area contributed by atoms with Crippen LogP contribution in [0.4, 0.5) is 16.2 Å². The zero-order valence-corrected chi connectivity index (χ0v) is 26.2. The van der Waals surface area contributed by atoms with E-state index in [1.165, 1.54) is 12.1 Å². The maximum absolute atomic E-state index is 12.7. The summed E-state index contributed by atoms with van der Waals surface area (Å²) >= 11 is 3.31. The molecular weight excluding hydrogens is 673 g/mol. The summed E-state index contributed by atoms with van der Waals surface area (Å²) < 4.78 is 7.26. The Balaban J connectivity index is 0.00000420. The van der Waals surface area contributed by atoms with Gasteiger partial charge in [-0.25, -0.2) is 4.79 Å². The van der Waals surface area contributed by atoms with Crippen molar-refractivity contribution in [1.82, 2.24) is 0 Å². The molecule has 1 fully saturated rings. The molecule has 0 atom stereocenters. The number of rotatable bonds is 8. The minimum Gasteiger partial charge on any atom is -0.872 e. The maximum atomic E-state index is 12.7. The van der Waals surface area contributed by atoms with Gasteiger partial charge in [-0.1, -0.05) is 48.5 Å². The van der Waals surface area contributed by atoms with Crippen LogP contribution < -0.4 is 15.7 Å². The predicted octanol–water partition coefficient (Wildman–Crippen LogP) is 6.56. The van der Waals surface area contributed by atoms with Crippen LogP contribution in [0.15, 0.2) is 71.2 Å². The normalized spacial score (nSPS) is 14.6. The molecule has 9 heteroatoms. The summed E-state index contributed by atoms with van der Waals surface area (Å²) in [5.41, 5.74) is 4.25. The number of halogens is 2. The lowest BCUT2D eigenvalue weighted by Crippen LogP contribution is -2.48. The number of amides is 2. The van der Waals surface area contributed by atoms with E-state index in [0.717, 1.165) is 47.1 Å². The van der Waals surface area contributed by atoms with Gasteiger partial charge in [0.05, 0.1) is 38.6 Å². The molecule has 0 radical (unpaired) electrons. The number of hydrogen-bond acceptors (Lipinski definition) is 4. The van der Waals surface area contributed by atoms with Crippen molar-refractivity contribution in [3.05, 3.63) is 76.8 Å². The van der Waals surface area contributed by atoms with Gasteiger partial charge in [-0.05, 0) is 58.1 Å². The third-order valence-electron chi connectivity index (χ3n) is 6.88. The van der Waals surface area contributed by atoms with Crippen molar-refractivity contribution in [2.75, 3.05) is 37.8 Å². The second-order valence-corrected chi connectivity index (χ2v) is 11.3. The Hall–Kier alpha value is -2.63. The van der Waals surface area contributed by atoms with Crippen molar-refractivity contribution in [3.63, 3.8) is 0 Å². The Morgan fingerprint density at radius 2 is 1.67 bits per heavy atom. The van der Waals surface area contributed by atoms with E-state index in [2.05, 4.69) is 46.7 Å². The van der Waals surface area contributed by atoms with E-state index < -0.39 is 6.09 Å². The summed E-state index contributed by atoms with van der Waals surface area (Å²) in [4.78, 5) is 25.2. The number of carbonyl (C=O) groups excluding carboxylic acids is 2. The molecule has 0 spiro atoms. The van der Waals surface area contributed by atoms with Crippen molar-refractivity contribution >= 4 is 63.3 Å². The Labute approximate surface area is 255 Å². The molecule has 1 heterocycles. The Morgan fingerprint density at radius 3 is 2.36 bits per heavy atom. The molecule has 4 rings (SSSR count). The molecular formula is C30H35BrIN3O4. The highest BCUT2D eigenvalue weighted by atomic mass is 127. The van der Waals surface area contributed by atoms with Gasteiger partial charge in [0.15, 0.2) is 0 Å². The highest BCUT2D eigenvalue weighted by molar-refractivity contribution is 14.0. The SMILES string of the molecule is C[N+]1(C)CCC(OC(=O)Nc2ccc(CCCC(=O)Nc3ccc([O-])cc3Br)cc2-c2ccccc2)CC1.I. The van der Waals surface area contributed by atoms with Crippen LogP contribution in [0.3, 0.4) is 0 Å². The lowest BCUT2D eigenvalue weighted by Gasteiger charge is -2.36. The molecule has 0 bridgehead atoms. The van der Waals surface area contributed by atoms with Crippen molar-refractivity contribution in [1.29, 1.82) is 0 Å². The van der Waals surface area contributed by atoms with Gasteiger partial charge in [-0.15, -0.1) is 29.7 Å². The number of quaternary nitrogens is 1. The Kier molecular flexibility index (Phi) is 11.2. The van der Waals surface area contributed by atoms with Gasteiger partial charge in [0.1, 0.15) is 6.10 Å². The average molecular weight is 708 g/mol. The molecule has 7 nitrogen and oxygen atoms in total. The molecule has 2 N–H and O–H groups in total. The topological polar surface area (TPSA) is 90.5 Å². The van der Waals surface area contributed by atoms with Gasteiger partial charge < -0.3 is 19.6 Å². The van der Waals surface area contributed by atoms with E-state index in [-0.39, 0.29) is 41.7 Å². The minimum atomic E-state index is -0.431. The number of likely N-dealkylation sites (tertiary alicyclic amines) is 1. The van der Waals surface area contributed by atoms with Crippen molar-refractivity contribution < 1.29 is 23.9 Å². The van der Waals surface area contributed by atoms with Gasteiger partial charge in [-0.2, -0.15) is 0 Å². The van der Waals surface area contributed by atoms with Gasteiger partial charge >= 0.3 is 6.09 Å². The van der Waals surface area contributed by atoms with Gasteiger partial charge in [0.25, 0.3) is 0 Å². The van der Waals surface area contributed by atoms with E-state index in [1.807, 2.05) is 42.5 Å². The second-order valence-electron chi connectivity index (χ2n) is 10.4. The number of nitrogens with zero attached hydrogens (tertiary/aromatic N) is 1. The van der Waals surface area contributed by atoms with Crippen LogP contribution in [0, 0.1) is 0 Å². The first-order chi connectivity index (χ1) is 18.2. The molecule has 0 unspecified atom stereocenters. The molecule has 1 aliphatic heterocycles. The van der Waals surface area contributed by atoms with Crippen LogP contribution in [0.25, 0.3) is 11.1 Å². The lowest BCUT2D eigenvalue weighted by atomic mass is 9.98. The molecule has 0 aromatic heterocycles. The molecule has 1 saturated heterocycles. The zero-order valence-electron chi connectivity index (χ0n) is 22.2. The summed E-state index contributed by atoms with van der Waals surface area (Å²) in [6.45, 7) is 1.98. The first kappa shape index (κ1) is 30.9. The molecule has 1 aliphatic rings. The number of nitrogens with one attached hydrogen (secondary N) is 2. The molecule has 3 aromatic carbocycles. The molecule has 2 amide bonds. The van der Waals surface area contributed by atoms with Crippen LogP contribution in [0.1, 0.15) is 31.2 Å². The summed E-state index contributed by atoms with van der Waals surface area (Å²) in [5, 5.41) is 17.2. The van der Waals surface area contributed by atoms with Crippen LogP contribution in [0.5, 0.6) is 5.75 Å². The highest BCUT2D eigenvalue weighted by Crippen LogP contribution is 2.31. The van der Waals surface area contributed by atoms with E-state index >= 15 is 0 Å². The number of anilines is 2. The average Bonchev–Trinajstić information content (AvgIpc) is 2.88. The van der Waals surface area contributed by atoms with Gasteiger partial charge in [0, 0.05) is 29.3 Å². The fourth-order valence-electron chi connectivity index (χ4n) is 4.63. The number of piperidine rings is 1. The van der Waals surface area contributed by atoms with Gasteiger partial charge in [-0.3, -0.25) is 10.1 Å². The summed E-state index contributed by atoms with van der Waals surface area (Å²) in [6, 6.07) is 20.3. The summed E-state index contributed by atoms with van der Waals surface area (Å²) in [5.74, 6) is -0.230. The summed E-state index contributed by atoms with van der Waals surface area (Å²) in [7, 11) is 4.39. The van der Waals surface area contributed by atoms with Crippen LogP contribution in [0.2, 0.25) is 0 Å². The van der Waals surface area contributed by atoms with E-state index in [4.69, 9.17) is 4.74 Å². The van der Waals surface area contributed by atoms with Crippen LogP contribution in [-0.2, 0) is 16.0 Å². The first-order valence-electron chi connectivity index (χ1n) is 12.9. The Bertz CT molecular complexity index is 1280. The Morgan fingerprint density at radius 1 is 0.974 bits per heavy atom. The number of hydrogen-bond donors (Lipinski definition) is 2. The van der Waals surface area contributed by atoms with E-state index in [9.17, 15) is 14.7 Å². The molecule has 0 saturated carbocycles. The minimum absolute atomic E-state index is 0. The molecule has 208 valence electrons. The maximum Gasteiger partial charge on any atom is 0.411 e.